The average molecular weight is 269 g/mol. The third kappa shape index (κ3) is 2.59. The summed E-state index contributed by atoms with van der Waals surface area (Å²) >= 11 is 6.43. The van der Waals surface area contributed by atoms with Crippen molar-refractivity contribution in [1.29, 1.82) is 0 Å². The van der Waals surface area contributed by atoms with Crippen LogP contribution in [0, 0.1) is 19.8 Å². The smallest absolute Gasteiger partial charge is 0.0643 e. The highest BCUT2D eigenvalue weighted by Gasteiger charge is 2.25. The minimum atomic E-state index is 0.111. The molecule has 3 heteroatoms. The predicted octanol–water partition coefficient (Wildman–Crippen LogP) is 4.94. The zero-order valence-electron chi connectivity index (χ0n) is 12.0. The van der Waals surface area contributed by atoms with Crippen LogP contribution in [-0.2, 0) is 0 Å². The number of hydrogen-bond donors (Lipinski definition) is 0. The molecule has 1 aliphatic rings. The van der Waals surface area contributed by atoms with Crippen molar-refractivity contribution in [3.8, 4) is 0 Å². The first-order chi connectivity index (χ1) is 8.54. The molecule has 0 aliphatic heterocycles. The standard InChI is InChI=1S/C15H25ClN2/c1-5-14(16)15-11(3)17-18(12(15)4)13-8-6-7-10(2)9-13/h10,13-14H,5-9H2,1-4H3. The van der Waals surface area contributed by atoms with Crippen molar-refractivity contribution in [2.24, 2.45) is 5.92 Å². The number of rotatable bonds is 3. The van der Waals surface area contributed by atoms with Gasteiger partial charge in [0, 0.05) is 11.3 Å². The Balaban J connectivity index is 2.29. The average Bonchev–Trinajstić information content (AvgIpc) is 2.64. The number of aryl methyl sites for hydroxylation is 1. The number of aromatic nitrogens is 2. The van der Waals surface area contributed by atoms with Gasteiger partial charge >= 0.3 is 0 Å². The highest BCUT2D eigenvalue weighted by molar-refractivity contribution is 6.20. The van der Waals surface area contributed by atoms with E-state index in [9.17, 15) is 0 Å². The van der Waals surface area contributed by atoms with E-state index < -0.39 is 0 Å². The molecule has 1 heterocycles. The Kier molecular flexibility index (Phi) is 4.37. The normalized spacial score (nSPS) is 26.3. The van der Waals surface area contributed by atoms with Crippen molar-refractivity contribution >= 4 is 11.6 Å². The zero-order chi connectivity index (χ0) is 13.3. The summed E-state index contributed by atoms with van der Waals surface area (Å²) in [5.74, 6) is 0.828. The van der Waals surface area contributed by atoms with Crippen LogP contribution < -0.4 is 0 Å². The molecule has 1 saturated carbocycles. The summed E-state index contributed by atoms with van der Waals surface area (Å²) in [5.41, 5.74) is 3.67. The maximum absolute atomic E-state index is 6.43. The molecular formula is C15H25ClN2. The van der Waals surface area contributed by atoms with Gasteiger partial charge in [-0.1, -0.05) is 26.7 Å². The Morgan fingerprint density at radius 1 is 1.39 bits per heavy atom. The Labute approximate surface area is 116 Å². The van der Waals surface area contributed by atoms with Crippen molar-refractivity contribution in [2.75, 3.05) is 0 Å². The lowest BCUT2D eigenvalue weighted by molar-refractivity contribution is 0.263. The fraction of sp³-hybridized carbons (Fsp3) is 0.800. The first-order valence-corrected chi connectivity index (χ1v) is 7.67. The SMILES string of the molecule is CCC(Cl)c1c(C)nn(C2CCCC(C)C2)c1C. The molecular weight excluding hydrogens is 244 g/mol. The van der Waals surface area contributed by atoms with Gasteiger partial charge in [0.25, 0.3) is 0 Å². The zero-order valence-corrected chi connectivity index (χ0v) is 12.8. The molecule has 0 aromatic carbocycles. The van der Waals surface area contributed by atoms with Gasteiger partial charge in [-0.15, -0.1) is 11.6 Å². The van der Waals surface area contributed by atoms with E-state index in [1.165, 1.54) is 36.9 Å². The largest absolute Gasteiger partial charge is 0.266 e. The molecule has 0 spiro atoms. The van der Waals surface area contributed by atoms with Crippen LogP contribution in [0.1, 0.15) is 74.3 Å². The van der Waals surface area contributed by atoms with Crippen LogP contribution in [0.15, 0.2) is 0 Å². The van der Waals surface area contributed by atoms with Crippen LogP contribution in [0.4, 0.5) is 0 Å². The van der Waals surface area contributed by atoms with E-state index in [0.29, 0.717) is 6.04 Å². The van der Waals surface area contributed by atoms with Gasteiger partial charge in [0.1, 0.15) is 0 Å². The molecule has 0 saturated heterocycles. The second-order valence-corrected chi connectivity index (χ2v) is 6.36. The molecule has 18 heavy (non-hydrogen) atoms. The summed E-state index contributed by atoms with van der Waals surface area (Å²) in [5, 5.41) is 4.88. The number of alkyl halides is 1. The number of hydrogen-bond acceptors (Lipinski definition) is 1. The molecule has 0 bridgehead atoms. The molecule has 1 aromatic rings. The van der Waals surface area contributed by atoms with Gasteiger partial charge in [-0.05, 0) is 39.0 Å². The van der Waals surface area contributed by atoms with Crippen LogP contribution >= 0.6 is 11.6 Å². The number of halogens is 1. The van der Waals surface area contributed by atoms with E-state index in [0.717, 1.165) is 18.0 Å². The summed E-state index contributed by atoms with van der Waals surface area (Å²) in [4.78, 5) is 0. The summed E-state index contributed by atoms with van der Waals surface area (Å²) in [6.45, 7) is 8.77. The Bertz CT molecular complexity index is 411. The molecule has 2 rings (SSSR count). The molecule has 102 valence electrons. The summed E-state index contributed by atoms with van der Waals surface area (Å²) in [6, 6.07) is 0.585. The minimum Gasteiger partial charge on any atom is -0.266 e. The lowest BCUT2D eigenvalue weighted by atomic mass is 9.87. The topological polar surface area (TPSA) is 17.8 Å². The lowest BCUT2D eigenvalue weighted by Crippen LogP contribution is -2.19. The number of nitrogens with zero attached hydrogens (tertiary/aromatic N) is 2. The van der Waals surface area contributed by atoms with E-state index in [2.05, 4.69) is 32.4 Å². The summed E-state index contributed by atoms with van der Waals surface area (Å²) in [7, 11) is 0. The molecule has 3 atom stereocenters. The molecule has 3 unspecified atom stereocenters. The van der Waals surface area contributed by atoms with Gasteiger partial charge in [0.2, 0.25) is 0 Å². The molecule has 0 radical (unpaired) electrons. The van der Waals surface area contributed by atoms with Gasteiger partial charge in [-0.25, -0.2) is 0 Å². The van der Waals surface area contributed by atoms with Crippen molar-refractivity contribution in [3.63, 3.8) is 0 Å². The van der Waals surface area contributed by atoms with E-state index in [1.54, 1.807) is 0 Å². The Morgan fingerprint density at radius 2 is 2.11 bits per heavy atom. The fourth-order valence-corrected chi connectivity index (χ4v) is 3.63. The van der Waals surface area contributed by atoms with Crippen LogP contribution in [-0.4, -0.2) is 9.78 Å². The Hall–Kier alpha value is -0.500. The molecule has 0 N–H and O–H groups in total. The highest BCUT2D eigenvalue weighted by atomic mass is 35.5. The first kappa shape index (κ1) is 13.9. The van der Waals surface area contributed by atoms with E-state index in [-0.39, 0.29) is 5.38 Å². The van der Waals surface area contributed by atoms with Crippen LogP contribution in [0.25, 0.3) is 0 Å². The van der Waals surface area contributed by atoms with E-state index in [4.69, 9.17) is 16.7 Å². The summed E-state index contributed by atoms with van der Waals surface area (Å²) in [6.07, 6.45) is 6.20. The van der Waals surface area contributed by atoms with Crippen molar-refractivity contribution in [3.05, 3.63) is 17.0 Å². The fourth-order valence-electron chi connectivity index (χ4n) is 3.31. The molecule has 1 fully saturated rings. The lowest BCUT2D eigenvalue weighted by Gasteiger charge is -2.28. The Morgan fingerprint density at radius 3 is 2.72 bits per heavy atom. The molecule has 0 amide bonds. The molecule has 1 aliphatic carbocycles. The first-order valence-electron chi connectivity index (χ1n) is 7.24. The molecule has 1 aromatic heterocycles. The van der Waals surface area contributed by atoms with Gasteiger partial charge in [0.15, 0.2) is 0 Å². The van der Waals surface area contributed by atoms with Crippen LogP contribution in [0.3, 0.4) is 0 Å². The molecule has 2 nitrogen and oxygen atoms in total. The highest BCUT2D eigenvalue weighted by Crippen LogP contribution is 2.36. The van der Waals surface area contributed by atoms with Gasteiger partial charge in [-0.2, -0.15) is 5.10 Å². The third-order valence-corrected chi connectivity index (χ3v) is 4.83. The van der Waals surface area contributed by atoms with Crippen molar-refractivity contribution in [1.82, 2.24) is 9.78 Å². The predicted molar refractivity (Wildman–Crippen MR) is 77.3 cm³/mol. The van der Waals surface area contributed by atoms with Crippen molar-refractivity contribution in [2.45, 2.75) is 71.2 Å². The second-order valence-electron chi connectivity index (χ2n) is 5.83. The third-order valence-electron chi connectivity index (χ3n) is 4.31. The van der Waals surface area contributed by atoms with Crippen LogP contribution in [0.2, 0.25) is 0 Å². The van der Waals surface area contributed by atoms with E-state index >= 15 is 0 Å². The van der Waals surface area contributed by atoms with E-state index in [1.807, 2.05) is 0 Å². The maximum Gasteiger partial charge on any atom is 0.0643 e. The monoisotopic (exact) mass is 268 g/mol. The van der Waals surface area contributed by atoms with Gasteiger partial charge in [-0.3, -0.25) is 4.68 Å². The quantitative estimate of drug-likeness (QED) is 0.710. The van der Waals surface area contributed by atoms with Crippen molar-refractivity contribution < 1.29 is 0 Å². The minimum absolute atomic E-state index is 0.111. The maximum atomic E-state index is 6.43. The van der Waals surface area contributed by atoms with Gasteiger partial charge in [0.05, 0.1) is 17.1 Å². The summed E-state index contributed by atoms with van der Waals surface area (Å²) < 4.78 is 2.26. The second kappa shape index (κ2) is 5.64. The van der Waals surface area contributed by atoms with Crippen LogP contribution in [0.5, 0.6) is 0 Å². The van der Waals surface area contributed by atoms with Gasteiger partial charge < -0.3 is 0 Å².